The summed E-state index contributed by atoms with van der Waals surface area (Å²) in [6.07, 6.45) is -0.0500. The van der Waals surface area contributed by atoms with Crippen LogP contribution in [0.25, 0.3) is 0 Å². The van der Waals surface area contributed by atoms with Gasteiger partial charge in [-0.2, -0.15) is 4.31 Å². The van der Waals surface area contributed by atoms with Gasteiger partial charge in [0.1, 0.15) is 5.60 Å². The third-order valence-electron chi connectivity index (χ3n) is 5.26. The molecule has 1 atom stereocenters. The Morgan fingerprint density at radius 1 is 1.05 bits per heavy atom. The molecule has 2 aromatic rings. The summed E-state index contributed by atoms with van der Waals surface area (Å²) in [6, 6.07) is 8.61. The van der Waals surface area contributed by atoms with E-state index >= 15 is 0 Å². The highest BCUT2D eigenvalue weighted by Crippen LogP contribution is 2.43. The van der Waals surface area contributed by atoms with Crippen molar-refractivity contribution in [3.8, 4) is 0 Å². The first kappa shape index (κ1) is 29.6. The van der Waals surface area contributed by atoms with Gasteiger partial charge in [-0.25, -0.2) is 13.2 Å². The van der Waals surface area contributed by atoms with Crippen LogP contribution in [0.15, 0.2) is 41.3 Å². The van der Waals surface area contributed by atoms with E-state index in [9.17, 15) is 17.8 Å². The first-order chi connectivity index (χ1) is 17.3. The van der Waals surface area contributed by atoms with Crippen molar-refractivity contribution in [3.05, 3.63) is 52.0 Å². The fraction of sp³-hybridized carbons (Fsp3) is 0.458. The third kappa shape index (κ3) is 6.38. The monoisotopic (exact) mass is 591 g/mol. The van der Waals surface area contributed by atoms with Crippen molar-refractivity contribution >= 4 is 59.2 Å². The Hall–Kier alpha value is -1.94. The normalized spacial score (nSPS) is 14.1. The van der Waals surface area contributed by atoms with Crippen LogP contribution in [0.2, 0.25) is 10.0 Å². The molecule has 0 saturated carbocycles. The van der Waals surface area contributed by atoms with Crippen molar-refractivity contribution in [2.45, 2.75) is 57.2 Å². The molecule has 0 aromatic heterocycles. The van der Waals surface area contributed by atoms with E-state index in [-0.39, 0.29) is 33.8 Å². The Morgan fingerprint density at radius 2 is 1.65 bits per heavy atom. The Balaban J connectivity index is 2.18. The van der Waals surface area contributed by atoms with Crippen LogP contribution in [-0.4, -0.2) is 45.5 Å². The predicted octanol–water partition coefficient (Wildman–Crippen LogP) is 6.19. The van der Waals surface area contributed by atoms with Gasteiger partial charge in [-0.05, 0) is 83.0 Å². The van der Waals surface area contributed by atoms with Gasteiger partial charge in [0.2, 0.25) is 0 Å². The second kappa shape index (κ2) is 11.4. The number of amides is 1. The lowest BCUT2D eigenvalue weighted by Gasteiger charge is -2.33. The summed E-state index contributed by atoms with van der Waals surface area (Å²) in [7, 11) is -5.82. The minimum Gasteiger partial charge on any atom is -0.443 e. The summed E-state index contributed by atoms with van der Waals surface area (Å²) in [4.78, 5) is 14.0. The van der Waals surface area contributed by atoms with Crippen LogP contribution < -0.4 is 9.21 Å². The molecule has 9 nitrogen and oxygen atoms in total. The van der Waals surface area contributed by atoms with Gasteiger partial charge in [-0.15, -0.1) is 0 Å². The number of carbonyl (C=O) groups is 1. The molecule has 1 aliphatic rings. The van der Waals surface area contributed by atoms with Crippen molar-refractivity contribution in [2.24, 2.45) is 0 Å². The van der Waals surface area contributed by atoms with E-state index in [1.54, 1.807) is 46.8 Å². The van der Waals surface area contributed by atoms with Crippen LogP contribution in [0.4, 0.5) is 16.2 Å². The van der Waals surface area contributed by atoms with Crippen molar-refractivity contribution in [3.63, 3.8) is 0 Å². The maximum Gasteiger partial charge on any atom is 0.475 e. The molecule has 0 spiro atoms. The van der Waals surface area contributed by atoms with Gasteiger partial charge >= 0.3 is 20.2 Å². The van der Waals surface area contributed by atoms with Crippen molar-refractivity contribution in [1.82, 2.24) is 0 Å². The molecule has 202 valence electrons. The van der Waals surface area contributed by atoms with Crippen molar-refractivity contribution < 1.29 is 32.0 Å². The van der Waals surface area contributed by atoms with Crippen molar-refractivity contribution in [1.29, 1.82) is 0 Å². The number of carbonyl (C=O) groups excluding carboxylic acids is 1. The van der Waals surface area contributed by atoms with E-state index in [4.69, 9.17) is 37.4 Å². The average Bonchev–Trinajstić information content (AvgIpc) is 3.21. The predicted molar refractivity (Wildman–Crippen MR) is 145 cm³/mol. The molecule has 0 saturated heterocycles. The molecule has 13 heteroatoms. The molecular formula is C24H30Cl2N2O7PS+. The van der Waals surface area contributed by atoms with Crippen LogP contribution in [0.5, 0.6) is 0 Å². The zero-order valence-corrected chi connectivity index (χ0v) is 24.5. The Kier molecular flexibility index (Phi) is 9.15. The van der Waals surface area contributed by atoms with Crippen LogP contribution in [0.3, 0.4) is 0 Å². The average molecular weight is 592 g/mol. The van der Waals surface area contributed by atoms with E-state index < -0.39 is 35.8 Å². The Labute approximate surface area is 228 Å². The molecular weight excluding hydrogens is 562 g/mol. The maximum atomic E-state index is 14.1. The highest BCUT2D eigenvalue weighted by Gasteiger charge is 2.55. The summed E-state index contributed by atoms with van der Waals surface area (Å²) in [5.74, 6) is 0. The fourth-order valence-corrected chi connectivity index (χ4v) is 7.24. The van der Waals surface area contributed by atoms with E-state index in [0.717, 1.165) is 4.31 Å². The van der Waals surface area contributed by atoms with E-state index in [1.807, 2.05) is 0 Å². The highest BCUT2D eigenvalue weighted by atomic mass is 35.5. The zero-order chi connectivity index (χ0) is 27.6. The summed E-state index contributed by atoms with van der Waals surface area (Å²) in [5.41, 5.74) is -1.42. The number of hydrogen-bond donors (Lipinski definition) is 0. The first-order valence-corrected chi connectivity index (χ1v) is 14.7. The van der Waals surface area contributed by atoms with Gasteiger partial charge in [0.15, 0.2) is 0 Å². The number of anilines is 2. The molecule has 0 fully saturated rings. The first-order valence-electron chi connectivity index (χ1n) is 11.6. The molecule has 1 amide bonds. The van der Waals surface area contributed by atoms with Gasteiger partial charge < -0.3 is 4.74 Å². The molecule has 37 heavy (non-hydrogen) atoms. The molecule has 1 heterocycles. The molecule has 1 aliphatic heterocycles. The zero-order valence-electron chi connectivity index (χ0n) is 21.2. The maximum absolute atomic E-state index is 14.1. The van der Waals surface area contributed by atoms with E-state index in [0.29, 0.717) is 24.2 Å². The number of rotatable bonds is 9. The van der Waals surface area contributed by atoms with Crippen molar-refractivity contribution in [2.75, 3.05) is 29.0 Å². The van der Waals surface area contributed by atoms with E-state index in [1.165, 1.54) is 29.2 Å². The summed E-state index contributed by atoms with van der Waals surface area (Å²) >= 11 is 12.2. The van der Waals surface area contributed by atoms with Crippen LogP contribution in [0, 0.1) is 0 Å². The fourth-order valence-electron chi connectivity index (χ4n) is 3.92. The number of sulfonamides is 1. The van der Waals surface area contributed by atoms with E-state index in [2.05, 4.69) is 0 Å². The minimum atomic E-state index is -4.47. The van der Waals surface area contributed by atoms with Crippen LogP contribution in [0.1, 0.15) is 40.2 Å². The van der Waals surface area contributed by atoms with Gasteiger partial charge in [0.25, 0.3) is 10.0 Å². The number of benzene rings is 2. The molecule has 0 aliphatic carbocycles. The number of nitrogens with zero attached hydrogens (tertiary/aromatic N) is 2. The smallest absolute Gasteiger partial charge is 0.443 e. The summed E-state index contributed by atoms with van der Waals surface area (Å²) in [5, 5.41) is 0.215. The topological polar surface area (TPSA) is 102 Å². The standard InChI is InChI=1S/C24H29Cl2N2O7PS/c1-6-33-24(36-30,34-7-2)28(37(31,32)20-14-17(25)13-18(26)15-20)19-8-9-21-16(12-19)10-11-27(21)22(29)35-23(3,4)5/h8-9,12-15H,6-7,10-11H2,1-5H3/p+1. The quantitative estimate of drug-likeness (QED) is 0.253. The lowest BCUT2D eigenvalue weighted by molar-refractivity contribution is -0.160. The highest BCUT2D eigenvalue weighted by molar-refractivity contribution is 7.93. The number of fused-ring (bicyclic) bond motifs is 1. The minimum absolute atomic E-state index is 0.00885. The molecule has 0 bridgehead atoms. The number of ether oxygens (including phenoxy) is 3. The van der Waals surface area contributed by atoms with Gasteiger partial charge in [0, 0.05) is 16.6 Å². The second-order valence-electron chi connectivity index (χ2n) is 9.12. The lowest BCUT2D eigenvalue weighted by Crippen LogP contribution is -2.52. The van der Waals surface area contributed by atoms with Crippen LogP contribution in [-0.2, 0) is 35.2 Å². The third-order valence-corrected chi connectivity index (χ3v) is 8.39. The number of halogens is 2. The Bertz CT molecular complexity index is 1260. The second-order valence-corrected chi connectivity index (χ2v) is 12.6. The van der Waals surface area contributed by atoms with Gasteiger partial charge in [-0.1, -0.05) is 27.8 Å². The molecule has 0 N–H and O–H groups in total. The van der Waals surface area contributed by atoms with Gasteiger partial charge in [-0.3, -0.25) is 14.4 Å². The number of hydrogen-bond acceptors (Lipinski definition) is 7. The molecule has 1 unspecified atom stereocenters. The van der Waals surface area contributed by atoms with Gasteiger partial charge in [0.05, 0.1) is 29.5 Å². The largest absolute Gasteiger partial charge is 0.475 e. The lowest BCUT2D eigenvalue weighted by atomic mass is 10.1. The molecule has 2 aromatic carbocycles. The Morgan fingerprint density at radius 3 is 2.16 bits per heavy atom. The van der Waals surface area contributed by atoms with Crippen LogP contribution >= 0.6 is 31.7 Å². The summed E-state index contributed by atoms with van der Waals surface area (Å²) in [6.45, 7) is 8.98. The summed E-state index contributed by atoms with van der Waals surface area (Å²) < 4.78 is 58.5. The molecule has 3 rings (SSSR count). The SMILES string of the molecule is CCOC(OCC)([PH+]=O)N(c1ccc2c(c1)CCN2C(=O)OC(C)(C)C)S(=O)(=O)c1cc(Cl)cc(Cl)c1. The molecule has 0 radical (unpaired) electrons.